The highest BCUT2D eigenvalue weighted by molar-refractivity contribution is 4.85. The molecule has 1 heterocycles. The van der Waals surface area contributed by atoms with E-state index in [0.717, 1.165) is 26.2 Å². The molecular formula is C10H20F2N2. The molecular weight excluding hydrogens is 186 g/mol. The summed E-state index contributed by atoms with van der Waals surface area (Å²) in [5.41, 5.74) is -0.947. The molecule has 4 heteroatoms. The van der Waals surface area contributed by atoms with Crippen molar-refractivity contribution in [1.82, 2.24) is 10.2 Å². The zero-order valence-corrected chi connectivity index (χ0v) is 9.24. The number of hydrogen-bond acceptors (Lipinski definition) is 2. The zero-order chi connectivity index (χ0) is 10.8. The van der Waals surface area contributed by atoms with E-state index in [2.05, 4.69) is 5.32 Å². The molecule has 1 saturated heterocycles. The Morgan fingerprint density at radius 2 is 1.64 bits per heavy atom. The lowest BCUT2D eigenvalue weighted by molar-refractivity contribution is -0.117. The van der Waals surface area contributed by atoms with Crippen LogP contribution < -0.4 is 5.32 Å². The van der Waals surface area contributed by atoms with Crippen molar-refractivity contribution in [3.63, 3.8) is 0 Å². The first-order valence-corrected chi connectivity index (χ1v) is 5.14. The van der Waals surface area contributed by atoms with E-state index in [4.69, 9.17) is 0 Å². The van der Waals surface area contributed by atoms with Crippen LogP contribution in [0.4, 0.5) is 8.78 Å². The van der Waals surface area contributed by atoms with E-state index in [-0.39, 0.29) is 6.54 Å². The first-order valence-electron chi connectivity index (χ1n) is 5.14. The van der Waals surface area contributed by atoms with E-state index in [1.165, 1.54) is 0 Å². The van der Waals surface area contributed by atoms with Crippen LogP contribution in [0.15, 0.2) is 0 Å². The maximum atomic E-state index is 13.7. The minimum atomic E-state index is -2.61. The molecule has 1 aliphatic heterocycles. The predicted octanol–water partition coefficient (Wildman–Crippen LogP) is 1.57. The molecule has 1 rings (SSSR count). The third-order valence-electron chi connectivity index (χ3n) is 2.73. The lowest BCUT2D eigenvalue weighted by Gasteiger charge is -2.36. The van der Waals surface area contributed by atoms with Crippen LogP contribution in [0.3, 0.4) is 0 Å². The number of hydrogen-bond donors (Lipinski definition) is 1. The van der Waals surface area contributed by atoms with Crippen molar-refractivity contribution in [2.45, 2.75) is 26.7 Å². The summed E-state index contributed by atoms with van der Waals surface area (Å²) >= 11 is 0. The summed E-state index contributed by atoms with van der Waals surface area (Å²) in [4.78, 5) is 1.84. The molecule has 0 spiro atoms. The molecule has 0 saturated carbocycles. The van der Waals surface area contributed by atoms with Gasteiger partial charge >= 0.3 is 0 Å². The fourth-order valence-corrected chi connectivity index (χ4v) is 1.39. The van der Waals surface area contributed by atoms with Crippen LogP contribution in [0.5, 0.6) is 0 Å². The van der Waals surface area contributed by atoms with Crippen LogP contribution in [0.2, 0.25) is 0 Å². The highest BCUT2D eigenvalue weighted by Gasteiger charge is 2.44. The fraction of sp³-hybridized carbons (Fsp3) is 1.00. The van der Waals surface area contributed by atoms with E-state index in [1.807, 2.05) is 4.90 Å². The second kappa shape index (κ2) is 4.11. The van der Waals surface area contributed by atoms with Crippen molar-refractivity contribution in [1.29, 1.82) is 0 Å². The zero-order valence-electron chi connectivity index (χ0n) is 9.24. The second-order valence-corrected chi connectivity index (χ2v) is 4.98. The number of rotatable bonds is 2. The van der Waals surface area contributed by atoms with Gasteiger partial charge in [0.25, 0.3) is 5.92 Å². The minimum Gasteiger partial charge on any atom is -0.314 e. The average molecular weight is 206 g/mol. The smallest absolute Gasteiger partial charge is 0.265 e. The van der Waals surface area contributed by atoms with E-state index in [0.29, 0.717) is 0 Å². The molecule has 1 aliphatic rings. The third kappa shape index (κ3) is 2.89. The molecule has 0 atom stereocenters. The first kappa shape index (κ1) is 11.9. The molecule has 1 fully saturated rings. The number of alkyl halides is 2. The molecule has 84 valence electrons. The third-order valence-corrected chi connectivity index (χ3v) is 2.73. The van der Waals surface area contributed by atoms with Crippen molar-refractivity contribution >= 4 is 0 Å². The summed E-state index contributed by atoms with van der Waals surface area (Å²) < 4.78 is 27.3. The summed E-state index contributed by atoms with van der Waals surface area (Å²) in [5.74, 6) is -2.61. The lowest BCUT2D eigenvalue weighted by atomic mass is 9.87. The van der Waals surface area contributed by atoms with Crippen LogP contribution in [0.25, 0.3) is 0 Å². The summed E-state index contributed by atoms with van der Waals surface area (Å²) in [6.45, 7) is 7.76. The van der Waals surface area contributed by atoms with Crippen LogP contribution in [0.1, 0.15) is 20.8 Å². The van der Waals surface area contributed by atoms with Gasteiger partial charge in [-0.25, -0.2) is 8.78 Å². The Hall–Kier alpha value is -0.220. The second-order valence-electron chi connectivity index (χ2n) is 4.98. The fourth-order valence-electron chi connectivity index (χ4n) is 1.39. The number of nitrogens with zero attached hydrogens (tertiary/aromatic N) is 1. The maximum Gasteiger partial charge on any atom is 0.265 e. The van der Waals surface area contributed by atoms with Gasteiger partial charge in [-0.1, -0.05) is 20.8 Å². The lowest BCUT2D eigenvalue weighted by Crippen LogP contribution is -2.51. The largest absolute Gasteiger partial charge is 0.314 e. The Balaban J connectivity index is 2.49. The van der Waals surface area contributed by atoms with Gasteiger partial charge in [-0.2, -0.15) is 0 Å². The molecule has 0 aromatic carbocycles. The van der Waals surface area contributed by atoms with Gasteiger partial charge in [0, 0.05) is 31.6 Å². The van der Waals surface area contributed by atoms with Crippen LogP contribution in [-0.2, 0) is 0 Å². The number of halogens is 2. The Kier molecular flexibility index (Phi) is 3.48. The van der Waals surface area contributed by atoms with Crippen molar-refractivity contribution in [3.05, 3.63) is 0 Å². The molecule has 0 aromatic heterocycles. The molecule has 14 heavy (non-hydrogen) atoms. The maximum absolute atomic E-state index is 13.7. The quantitative estimate of drug-likeness (QED) is 0.738. The molecule has 0 bridgehead atoms. The van der Waals surface area contributed by atoms with Crippen molar-refractivity contribution < 1.29 is 8.78 Å². The van der Waals surface area contributed by atoms with Crippen molar-refractivity contribution in [2.75, 3.05) is 32.7 Å². The van der Waals surface area contributed by atoms with Crippen LogP contribution in [-0.4, -0.2) is 43.5 Å². The normalized spacial score (nSPS) is 21.2. The summed E-state index contributed by atoms with van der Waals surface area (Å²) in [7, 11) is 0. The number of nitrogens with one attached hydrogen (secondary N) is 1. The Morgan fingerprint density at radius 3 is 2.07 bits per heavy atom. The monoisotopic (exact) mass is 206 g/mol. The van der Waals surface area contributed by atoms with Gasteiger partial charge in [-0.15, -0.1) is 0 Å². The van der Waals surface area contributed by atoms with Gasteiger partial charge < -0.3 is 5.32 Å². The van der Waals surface area contributed by atoms with Crippen molar-refractivity contribution in [2.24, 2.45) is 5.41 Å². The van der Waals surface area contributed by atoms with E-state index >= 15 is 0 Å². The van der Waals surface area contributed by atoms with Gasteiger partial charge in [-0.3, -0.25) is 4.90 Å². The van der Waals surface area contributed by atoms with Gasteiger partial charge in [0.1, 0.15) is 0 Å². The number of piperazine rings is 1. The van der Waals surface area contributed by atoms with Gasteiger partial charge in [0.2, 0.25) is 0 Å². The molecule has 0 aliphatic carbocycles. The van der Waals surface area contributed by atoms with Gasteiger partial charge in [0.15, 0.2) is 0 Å². The van der Waals surface area contributed by atoms with E-state index < -0.39 is 11.3 Å². The molecule has 0 radical (unpaired) electrons. The highest BCUT2D eigenvalue weighted by atomic mass is 19.3. The molecule has 2 nitrogen and oxygen atoms in total. The molecule has 0 unspecified atom stereocenters. The summed E-state index contributed by atoms with van der Waals surface area (Å²) in [6, 6.07) is 0. The first-order chi connectivity index (χ1) is 6.33. The van der Waals surface area contributed by atoms with Crippen molar-refractivity contribution in [3.8, 4) is 0 Å². The van der Waals surface area contributed by atoms with Crippen LogP contribution in [0, 0.1) is 5.41 Å². The molecule has 0 amide bonds. The summed E-state index contributed by atoms with van der Waals surface area (Å²) in [6.07, 6.45) is 0. The van der Waals surface area contributed by atoms with Crippen LogP contribution >= 0.6 is 0 Å². The average Bonchev–Trinajstić information content (AvgIpc) is 2.03. The Bertz CT molecular complexity index is 181. The van der Waals surface area contributed by atoms with Gasteiger partial charge in [0.05, 0.1) is 6.54 Å². The van der Waals surface area contributed by atoms with E-state index in [1.54, 1.807) is 20.8 Å². The Morgan fingerprint density at radius 1 is 1.14 bits per heavy atom. The standard InChI is InChI=1S/C10H20F2N2/c1-9(2,3)10(11,12)8-14-6-4-13-5-7-14/h13H,4-8H2,1-3H3. The van der Waals surface area contributed by atoms with Gasteiger partial charge in [-0.05, 0) is 0 Å². The van der Waals surface area contributed by atoms with E-state index in [9.17, 15) is 8.78 Å². The predicted molar refractivity (Wildman–Crippen MR) is 53.7 cm³/mol. The minimum absolute atomic E-state index is 0.113. The SMILES string of the molecule is CC(C)(C)C(F)(F)CN1CCNCC1. The highest BCUT2D eigenvalue weighted by Crippen LogP contribution is 2.36. The molecule has 1 N–H and O–H groups in total. The topological polar surface area (TPSA) is 15.3 Å². The summed E-state index contributed by atoms with van der Waals surface area (Å²) in [5, 5.41) is 3.15. The Labute approximate surface area is 84.7 Å². The molecule has 0 aromatic rings.